The predicted molar refractivity (Wildman–Crippen MR) is 40.4 cm³/mol. The summed E-state index contributed by atoms with van der Waals surface area (Å²) < 4.78 is 6.55. The van der Waals surface area contributed by atoms with Crippen LogP contribution in [0.2, 0.25) is 0 Å². The first-order chi connectivity index (χ1) is 5.84. The molecule has 0 N–H and O–H groups in total. The smallest absolute Gasteiger partial charge is 0.223 e. The number of rotatable bonds is 2. The van der Waals surface area contributed by atoms with Crippen molar-refractivity contribution >= 4 is 0 Å². The van der Waals surface area contributed by atoms with Crippen molar-refractivity contribution in [1.82, 2.24) is 19.9 Å². The molecule has 0 saturated heterocycles. The highest BCUT2D eigenvalue weighted by atomic mass is 16.5. The third-order valence-corrected chi connectivity index (χ3v) is 1.43. The quantitative estimate of drug-likeness (QED) is 0.653. The first kappa shape index (κ1) is 7.02. The molecule has 2 aromatic heterocycles. The van der Waals surface area contributed by atoms with Crippen molar-refractivity contribution in [2.24, 2.45) is 0 Å². The molecule has 0 spiro atoms. The van der Waals surface area contributed by atoms with Crippen LogP contribution in [-0.4, -0.2) is 19.9 Å². The van der Waals surface area contributed by atoms with E-state index >= 15 is 0 Å². The van der Waals surface area contributed by atoms with E-state index in [9.17, 15) is 0 Å². The summed E-state index contributed by atoms with van der Waals surface area (Å²) in [4.78, 5) is 4.05. The Balaban J connectivity index is 2.14. The molecule has 0 saturated carbocycles. The van der Waals surface area contributed by atoms with E-state index < -0.39 is 0 Å². The number of aromatic nitrogens is 4. The van der Waals surface area contributed by atoms with Gasteiger partial charge in [-0.1, -0.05) is 5.16 Å². The molecule has 0 bridgehead atoms. The van der Waals surface area contributed by atoms with E-state index in [1.165, 1.54) is 0 Å². The number of nitrogens with zero attached hydrogens (tertiary/aromatic N) is 4. The fourth-order valence-electron chi connectivity index (χ4n) is 0.944. The molecular weight excluding hydrogens is 156 g/mol. The van der Waals surface area contributed by atoms with Gasteiger partial charge >= 0.3 is 0 Å². The van der Waals surface area contributed by atoms with Crippen LogP contribution < -0.4 is 0 Å². The lowest BCUT2D eigenvalue weighted by atomic mass is 10.6. The standard InChI is InChI=1S/C7H8N4O/c1-6-9-7(10-12-6)5-11-4-2-3-8-11/h2-4H,5H2,1H3. The number of hydrogen-bond donors (Lipinski definition) is 0. The zero-order valence-corrected chi connectivity index (χ0v) is 6.64. The fraction of sp³-hybridized carbons (Fsp3) is 0.286. The van der Waals surface area contributed by atoms with Gasteiger partial charge < -0.3 is 4.52 Å². The first-order valence-corrected chi connectivity index (χ1v) is 3.61. The van der Waals surface area contributed by atoms with Gasteiger partial charge in [0.1, 0.15) is 6.54 Å². The summed E-state index contributed by atoms with van der Waals surface area (Å²) in [6.07, 6.45) is 3.57. The molecule has 2 heterocycles. The Kier molecular flexibility index (Phi) is 1.62. The van der Waals surface area contributed by atoms with E-state index in [0.29, 0.717) is 18.3 Å². The summed E-state index contributed by atoms with van der Waals surface area (Å²) in [6.45, 7) is 2.32. The van der Waals surface area contributed by atoms with Crippen molar-refractivity contribution in [2.45, 2.75) is 13.5 Å². The van der Waals surface area contributed by atoms with Gasteiger partial charge in [-0.25, -0.2) is 0 Å². The molecule has 0 atom stereocenters. The van der Waals surface area contributed by atoms with Crippen LogP contribution in [0.25, 0.3) is 0 Å². The van der Waals surface area contributed by atoms with E-state index in [0.717, 1.165) is 0 Å². The summed E-state index contributed by atoms with van der Waals surface area (Å²) in [5.74, 6) is 1.23. The lowest BCUT2D eigenvalue weighted by Crippen LogP contribution is -2.01. The second-order valence-electron chi connectivity index (χ2n) is 2.43. The molecule has 0 aliphatic carbocycles. The van der Waals surface area contributed by atoms with Gasteiger partial charge in [-0.15, -0.1) is 0 Å². The monoisotopic (exact) mass is 164 g/mol. The lowest BCUT2D eigenvalue weighted by Gasteiger charge is -1.92. The highest BCUT2D eigenvalue weighted by molar-refractivity contribution is 4.87. The van der Waals surface area contributed by atoms with Gasteiger partial charge in [0.15, 0.2) is 5.82 Å². The summed E-state index contributed by atoms with van der Waals surface area (Å²) in [5.41, 5.74) is 0. The van der Waals surface area contributed by atoms with Crippen molar-refractivity contribution in [3.63, 3.8) is 0 Å². The van der Waals surface area contributed by atoms with Crippen LogP contribution in [0.15, 0.2) is 23.0 Å². The van der Waals surface area contributed by atoms with Crippen LogP contribution in [0.4, 0.5) is 0 Å². The fourth-order valence-corrected chi connectivity index (χ4v) is 0.944. The SMILES string of the molecule is Cc1nc(Cn2cccn2)no1. The van der Waals surface area contributed by atoms with Gasteiger partial charge in [0.2, 0.25) is 5.89 Å². The molecule has 0 amide bonds. The Morgan fingerprint density at radius 2 is 2.50 bits per heavy atom. The maximum atomic E-state index is 4.81. The minimum Gasteiger partial charge on any atom is -0.340 e. The number of hydrogen-bond acceptors (Lipinski definition) is 4. The van der Waals surface area contributed by atoms with Crippen LogP contribution in [-0.2, 0) is 6.54 Å². The molecule has 0 aliphatic rings. The Morgan fingerprint density at radius 3 is 3.08 bits per heavy atom. The second kappa shape index (κ2) is 2.77. The summed E-state index contributed by atoms with van der Waals surface area (Å²) in [5, 5.41) is 7.76. The Bertz CT molecular complexity index is 351. The van der Waals surface area contributed by atoms with Crippen LogP contribution in [0.3, 0.4) is 0 Å². The maximum absolute atomic E-state index is 4.81. The van der Waals surface area contributed by atoms with E-state index in [-0.39, 0.29) is 0 Å². The average molecular weight is 164 g/mol. The largest absolute Gasteiger partial charge is 0.340 e. The molecule has 0 fully saturated rings. The van der Waals surface area contributed by atoms with Crippen molar-refractivity contribution in [3.8, 4) is 0 Å². The normalized spacial score (nSPS) is 10.4. The molecule has 2 aromatic rings. The van der Waals surface area contributed by atoms with Gasteiger partial charge in [-0.2, -0.15) is 10.1 Å². The third kappa shape index (κ3) is 1.34. The lowest BCUT2D eigenvalue weighted by molar-refractivity contribution is 0.385. The zero-order valence-electron chi connectivity index (χ0n) is 6.64. The maximum Gasteiger partial charge on any atom is 0.223 e. The van der Waals surface area contributed by atoms with Crippen molar-refractivity contribution in [1.29, 1.82) is 0 Å². The molecule has 12 heavy (non-hydrogen) atoms. The molecule has 5 nitrogen and oxygen atoms in total. The van der Waals surface area contributed by atoms with Crippen LogP contribution in [0.5, 0.6) is 0 Å². The molecule has 0 radical (unpaired) electrons. The van der Waals surface area contributed by atoms with Gasteiger partial charge in [-0.05, 0) is 6.07 Å². The van der Waals surface area contributed by atoms with Crippen LogP contribution >= 0.6 is 0 Å². The molecule has 0 unspecified atom stereocenters. The van der Waals surface area contributed by atoms with E-state index in [2.05, 4.69) is 15.2 Å². The van der Waals surface area contributed by atoms with E-state index in [4.69, 9.17) is 4.52 Å². The molecule has 0 aliphatic heterocycles. The van der Waals surface area contributed by atoms with Crippen molar-refractivity contribution in [2.75, 3.05) is 0 Å². The molecule has 62 valence electrons. The molecule has 0 aromatic carbocycles. The molecule has 2 rings (SSSR count). The Labute approximate surface area is 69.0 Å². The third-order valence-electron chi connectivity index (χ3n) is 1.43. The van der Waals surface area contributed by atoms with Crippen molar-refractivity contribution < 1.29 is 4.52 Å². The molecular formula is C7H8N4O. The Morgan fingerprint density at radius 1 is 1.58 bits per heavy atom. The summed E-state index contributed by atoms with van der Waals surface area (Å²) in [7, 11) is 0. The van der Waals surface area contributed by atoms with E-state index in [1.54, 1.807) is 17.8 Å². The van der Waals surface area contributed by atoms with Gasteiger partial charge in [-0.3, -0.25) is 4.68 Å². The minimum absolute atomic E-state index is 0.560. The highest BCUT2D eigenvalue weighted by Crippen LogP contribution is 1.96. The summed E-state index contributed by atoms with van der Waals surface area (Å²) in [6, 6.07) is 1.85. The Hall–Kier alpha value is -1.65. The highest BCUT2D eigenvalue weighted by Gasteiger charge is 2.01. The predicted octanol–water partition coefficient (Wildman–Crippen LogP) is 0.623. The summed E-state index contributed by atoms with van der Waals surface area (Å²) >= 11 is 0. The second-order valence-corrected chi connectivity index (χ2v) is 2.43. The molecule has 5 heteroatoms. The van der Waals surface area contributed by atoms with Gasteiger partial charge in [0.25, 0.3) is 0 Å². The first-order valence-electron chi connectivity index (χ1n) is 3.61. The van der Waals surface area contributed by atoms with Gasteiger partial charge in [0.05, 0.1) is 0 Å². The topological polar surface area (TPSA) is 56.7 Å². The minimum atomic E-state index is 0.560. The van der Waals surface area contributed by atoms with Gasteiger partial charge in [0, 0.05) is 19.3 Å². The van der Waals surface area contributed by atoms with E-state index in [1.807, 2.05) is 12.3 Å². The average Bonchev–Trinajstić information content (AvgIpc) is 2.63. The van der Waals surface area contributed by atoms with Crippen LogP contribution in [0, 0.1) is 6.92 Å². The van der Waals surface area contributed by atoms with Crippen molar-refractivity contribution in [3.05, 3.63) is 30.2 Å². The zero-order chi connectivity index (χ0) is 8.39. The number of aryl methyl sites for hydroxylation is 1. The van der Waals surface area contributed by atoms with Crippen LogP contribution in [0.1, 0.15) is 11.7 Å².